The topological polar surface area (TPSA) is 62.7 Å². The first-order valence-corrected chi connectivity index (χ1v) is 6.05. The second kappa shape index (κ2) is 6.02. The Hall–Kier alpha value is -1.33. The van der Waals surface area contributed by atoms with Gasteiger partial charge in [0.15, 0.2) is 0 Å². The molecule has 2 N–H and O–H groups in total. The van der Waals surface area contributed by atoms with Gasteiger partial charge in [-0.05, 0) is 33.0 Å². The van der Waals surface area contributed by atoms with Crippen molar-refractivity contribution in [3.63, 3.8) is 0 Å². The standard InChI is InChI=1S/C13H23N3O2/c1-9-6-7-11(18-9)13(10(2)14)16(5)8-12(17)15(3)4/h6-7,10,13H,8,14H2,1-5H3. The number of hydrogen-bond donors (Lipinski definition) is 1. The van der Waals surface area contributed by atoms with Gasteiger partial charge in [0, 0.05) is 20.1 Å². The molecule has 2 unspecified atom stereocenters. The molecule has 0 spiro atoms. The van der Waals surface area contributed by atoms with Gasteiger partial charge in [-0.1, -0.05) is 0 Å². The van der Waals surface area contributed by atoms with Gasteiger partial charge in [0.2, 0.25) is 5.91 Å². The van der Waals surface area contributed by atoms with Gasteiger partial charge in [-0.15, -0.1) is 0 Å². The maximum absolute atomic E-state index is 11.7. The van der Waals surface area contributed by atoms with Crippen molar-refractivity contribution in [3.8, 4) is 0 Å². The average molecular weight is 253 g/mol. The van der Waals surface area contributed by atoms with Crippen LogP contribution in [-0.2, 0) is 4.79 Å². The van der Waals surface area contributed by atoms with Crippen molar-refractivity contribution >= 4 is 5.91 Å². The Balaban J connectivity index is 2.82. The monoisotopic (exact) mass is 253 g/mol. The number of likely N-dealkylation sites (N-methyl/N-ethyl adjacent to an activating group) is 2. The van der Waals surface area contributed by atoms with E-state index in [1.165, 1.54) is 0 Å². The van der Waals surface area contributed by atoms with Gasteiger partial charge in [-0.2, -0.15) is 0 Å². The largest absolute Gasteiger partial charge is 0.465 e. The number of carbonyl (C=O) groups is 1. The van der Waals surface area contributed by atoms with E-state index in [1.807, 2.05) is 37.9 Å². The number of rotatable bonds is 5. The van der Waals surface area contributed by atoms with E-state index < -0.39 is 0 Å². The van der Waals surface area contributed by atoms with Crippen LogP contribution in [-0.4, -0.2) is 49.4 Å². The van der Waals surface area contributed by atoms with Crippen molar-refractivity contribution < 1.29 is 9.21 Å². The summed E-state index contributed by atoms with van der Waals surface area (Å²) in [6, 6.07) is 3.62. The highest BCUT2D eigenvalue weighted by atomic mass is 16.3. The second-order valence-corrected chi connectivity index (χ2v) is 4.96. The zero-order chi connectivity index (χ0) is 13.9. The molecule has 1 heterocycles. The summed E-state index contributed by atoms with van der Waals surface area (Å²) in [5.74, 6) is 1.70. The summed E-state index contributed by atoms with van der Waals surface area (Å²) in [6.45, 7) is 4.13. The lowest BCUT2D eigenvalue weighted by molar-refractivity contribution is -0.130. The summed E-state index contributed by atoms with van der Waals surface area (Å²) in [5.41, 5.74) is 6.00. The van der Waals surface area contributed by atoms with E-state index in [4.69, 9.17) is 10.2 Å². The first-order chi connectivity index (χ1) is 8.32. The normalized spacial score (nSPS) is 14.6. The molecule has 0 radical (unpaired) electrons. The minimum atomic E-state index is -0.115. The molecule has 0 saturated heterocycles. The third-order valence-electron chi connectivity index (χ3n) is 2.91. The van der Waals surface area contributed by atoms with Gasteiger partial charge in [-0.25, -0.2) is 0 Å². The Bertz CT molecular complexity index is 399. The van der Waals surface area contributed by atoms with Crippen LogP contribution in [0.3, 0.4) is 0 Å². The molecule has 0 fully saturated rings. The first-order valence-electron chi connectivity index (χ1n) is 6.05. The number of nitrogens with zero attached hydrogens (tertiary/aromatic N) is 2. The van der Waals surface area contributed by atoms with Crippen LogP contribution in [0, 0.1) is 6.92 Å². The molecule has 0 aliphatic rings. The predicted molar refractivity (Wildman–Crippen MR) is 71.2 cm³/mol. The van der Waals surface area contributed by atoms with E-state index in [-0.39, 0.29) is 18.0 Å². The van der Waals surface area contributed by atoms with Crippen LogP contribution >= 0.6 is 0 Å². The molecule has 1 aromatic rings. The molecular weight excluding hydrogens is 230 g/mol. The Morgan fingerprint density at radius 2 is 2.00 bits per heavy atom. The van der Waals surface area contributed by atoms with Crippen molar-refractivity contribution in [2.75, 3.05) is 27.7 Å². The molecule has 2 atom stereocenters. The summed E-state index contributed by atoms with van der Waals surface area (Å²) in [4.78, 5) is 15.2. The van der Waals surface area contributed by atoms with Gasteiger partial charge < -0.3 is 15.1 Å². The summed E-state index contributed by atoms with van der Waals surface area (Å²) in [5, 5.41) is 0. The maximum Gasteiger partial charge on any atom is 0.236 e. The fourth-order valence-corrected chi connectivity index (χ4v) is 1.94. The van der Waals surface area contributed by atoms with Crippen LogP contribution in [0.4, 0.5) is 0 Å². The molecule has 0 aliphatic heterocycles. The van der Waals surface area contributed by atoms with E-state index >= 15 is 0 Å². The van der Waals surface area contributed by atoms with Crippen molar-refractivity contribution in [1.29, 1.82) is 0 Å². The minimum absolute atomic E-state index is 0.0476. The van der Waals surface area contributed by atoms with Crippen molar-refractivity contribution in [2.45, 2.75) is 25.9 Å². The molecule has 1 aromatic heterocycles. The number of furan rings is 1. The van der Waals surface area contributed by atoms with Gasteiger partial charge in [0.25, 0.3) is 0 Å². The Labute approximate surface area is 109 Å². The molecule has 0 aliphatic carbocycles. The van der Waals surface area contributed by atoms with E-state index in [9.17, 15) is 4.79 Å². The van der Waals surface area contributed by atoms with E-state index in [1.54, 1.807) is 19.0 Å². The van der Waals surface area contributed by atoms with Crippen LogP contribution in [0.25, 0.3) is 0 Å². The lowest BCUT2D eigenvalue weighted by Crippen LogP contribution is -2.42. The van der Waals surface area contributed by atoms with E-state index in [0.29, 0.717) is 6.54 Å². The molecule has 1 amide bonds. The van der Waals surface area contributed by atoms with E-state index in [0.717, 1.165) is 11.5 Å². The summed E-state index contributed by atoms with van der Waals surface area (Å²) < 4.78 is 5.62. The Morgan fingerprint density at radius 3 is 2.39 bits per heavy atom. The van der Waals surface area contributed by atoms with Crippen LogP contribution < -0.4 is 5.73 Å². The van der Waals surface area contributed by atoms with E-state index in [2.05, 4.69) is 0 Å². The van der Waals surface area contributed by atoms with Crippen molar-refractivity contribution in [2.24, 2.45) is 5.73 Å². The second-order valence-electron chi connectivity index (χ2n) is 4.96. The molecule has 0 saturated carbocycles. The molecule has 1 rings (SSSR count). The van der Waals surface area contributed by atoms with Crippen LogP contribution in [0.2, 0.25) is 0 Å². The van der Waals surface area contributed by atoms with Gasteiger partial charge in [-0.3, -0.25) is 9.69 Å². The highest BCUT2D eigenvalue weighted by molar-refractivity contribution is 5.77. The van der Waals surface area contributed by atoms with Crippen LogP contribution in [0.15, 0.2) is 16.5 Å². The van der Waals surface area contributed by atoms with Crippen molar-refractivity contribution in [1.82, 2.24) is 9.80 Å². The Kier molecular flexibility index (Phi) is 4.93. The summed E-state index contributed by atoms with van der Waals surface area (Å²) in [6.07, 6.45) is 0. The number of aryl methyl sites for hydroxylation is 1. The summed E-state index contributed by atoms with van der Waals surface area (Å²) in [7, 11) is 5.37. The number of nitrogens with two attached hydrogens (primary N) is 1. The fourth-order valence-electron chi connectivity index (χ4n) is 1.94. The average Bonchev–Trinajstić information content (AvgIpc) is 2.63. The van der Waals surface area contributed by atoms with Crippen LogP contribution in [0.5, 0.6) is 0 Å². The van der Waals surface area contributed by atoms with Gasteiger partial charge in [0.05, 0.1) is 12.6 Å². The fraction of sp³-hybridized carbons (Fsp3) is 0.615. The Morgan fingerprint density at radius 1 is 1.39 bits per heavy atom. The lowest BCUT2D eigenvalue weighted by Gasteiger charge is -2.29. The minimum Gasteiger partial charge on any atom is -0.465 e. The number of amides is 1. The smallest absolute Gasteiger partial charge is 0.236 e. The highest BCUT2D eigenvalue weighted by Crippen LogP contribution is 2.24. The van der Waals surface area contributed by atoms with Crippen molar-refractivity contribution in [3.05, 3.63) is 23.7 Å². The maximum atomic E-state index is 11.7. The SMILES string of the molecule is Cc1ccc(C(C(C)N)N(C)CC(=O)N(C)C)o1. The molecule has 5 nitrogen and oxygen atoms in total. The number of hydrogen-bond acceptors (Lipinski definition) is 4. The first kappa shape index (κ1) is 14.7. The molecule has 18 heavy (non-hydrogen) atoms. The lowest BCUT2D eigenvalue weighted by atomic mass is 10.1. The zero-order valence-electron chi connectivity index (χ0n) is 11.8. The molecule has 102 valence electrons. The summed E-state index contributed by atoms with van der Waals surface area (Å²) >= 11 is 0. The molecule has 5 heteroatoms. The third-order valence-corrected chi connectivity index (χ3v) is 2.91. The molecule has 0 aromatic carbocycles. The third kappa shape index (κ3) is 3.58. The highest BCUT2D eigenvalue weighted by Gasteiger charge is 2.26. The molecular formula is C13H23N3O2. The van der Waals surface area contributed by atoms with Gasteiger partial charge in [0.1, 0.15) is 11.5 Å². The zero-order valence-corrected chi connectivity index (χ0v) is 11.8. The quantitative estimate of drug-likeness (QED) is 0.850. The number of carbonyl (C=O) groups excluding carboxylic acids is 1. The van der Waals surface area contributed by atoms with Gasteiger partial charge >= 0.3 is 0 Å². The molecule has 0 bridgehead atoms. The predicted octanol–water partition coefficient (Wildman–Crippen LogP) is 0.996. The van der Waals surface area contributed by atoms with Crippen LogP contribution in [0.1, 0.15) is 24.5 Å².